The Labute approximate surface area is 149 Å². The van der Waals surface area contributed by atoms with E-state index < -0.39 is 0 Å². The van der Waals surface area contributed by atoms with Gasteiger partial charge in [-0.15, -0.1) is 0 Å². The minimum atomic E-state index is -0.259. The summed E-state index contributed by atoms with van der Waals surface area (Å²) < 4.78 is 18.4. The zero-order valence-corrected chi connectivity index (χ0v) is 14.9. The van der Waals surface area contributed by atoms with E-state index in [1.54, 1.807) is 18.2 Å². The number of rotatable bonds is 4. The van der Waals surface area contributed by atoms with Crippen LogP contribution in [0.5, 0.6) is 0 Å². The van der Waals surface area contributed by atoms with E-state index in [-0.39, 0.29) is 11.7 Å². The topological polar surface area (TPSA) is 32.8 Å². The molecule has 2 heterocycles. The summed E-state index contributed by atoms with van der Waals surface area (Å²) in [6.07, 6.45) is 3.80. The zero-order chi connectivity index (χ0) is 17.6. The average molecular weight is 346 g/mol. The molecule has 0 aliphatic carbocycles. The summed E-state index contributed by atoms with van der Waals surface area (Å²) in [5.41, 5.74) is 1.76. The Bertz CT molecular complexity index is 601. The summed E-state index contributed by atoms with van der Waals surface area (Å²) in [6.45, 7) is 8.39. The van der Waals surface area contributed by atoms with Crippen LogP contribution in [0.25, 0.3) is 5.57 Å². The van der Waals surface area contributed by atoms with Crippen LogP contribution in [0, 0.1) is 11.7 Å². The van der Waals surface area contributed by atoms with Gasteiger partial charge in [-0.3, -0.25) is 9.69 Å². The lowest BCUT2D eigenvalue weighted by atomic mass is 9.95. The Kier molecular flexibility index (Phi) is 6.21. The standard InChI is InChI=1S/C20H27FN2O2/c1-16(18-2-4-19(21)5-3-18)14-20(24)23-8-6-17(7-9-23)15-22-10-12-25-13-11-22/h2-5,14,17H,6-13,15H2,1H3/b16-14-. The van der Waals surface area contributed by atoms with Crippen molar-refractivity contribution in [3.05, 3.63) is 41.7 Å². The van der Waals surface area contributed by atoms with Crippen molar-refractivity contribution in [2.24, 2.45) is 5.92 Å². The van der Waals surface area contributed by atoms with Gasteiger partial charge in [-0.05, 0) is 49.0 Å². The molecule has 1 amide bonds. The zero-order valence-electron chi connectivity index (χ0n) is 14.9. The molecule has 0 N–H and O–H groups in total. The fourth-order valence-corrected chi connectivity index (χ4v) is 3.56. The van der Waals surface area contributed by atoms with Gasteiger partial charge in [-0.25, -0.2) is 4.39 Å². The predicted octanol–water partition coefficient (Wildman–Crippen LogP) is 2.80. The minimum Gasteiger partial charge on any atom is -0.379 e. The number of halogens is 1. The monoisotopic (exact) mass is 346 g/mol. The Balaban J connectivity index is 1.49. The molecule has 2 fully saturated rings. The summed E-state index contributed by atoms with van der Waals surface area (Å²) in [5.74, 6) is 0.473. The van der Waals surface area contributed by atoms with Gasteiger partial charge < -0.3 is 9.64 Å². The smallest absolute Gasteiger partial charge is 0.246 e. The normalized spacial score (nSPS) is 20.7. The average Bonchev–Trinajstić information content (AvgIpc) is 2.63. The molecule has 1 aromatic rings. The lowest BCUT2D eigenvalue weighted by Gasteiger charge is -2.35. The van der Waals surface area contributed by atoms with E-state index in [9.17, 15) is 9.18 Å². The highest BCUT2D eigenvalue weighted by Gasteiger charge is 2.24. The van der Waals surface area contributed by atoms with E-state index in [1.165, 1.54) is 12.1 Å². The van der Waals surface area contributed by atoms with Gasteiger partial charge in [0, 0.05) is 38.8 Å². The molecule has 3 rings (SSSR count). The first-order chi connectivity index (χ1) is 12.1. The van der Waals surface area contributed by atoms with Gasteiger partial charge in [0.1, 0.15) is 5.82 Å². The molecule has 25 heavy (non-hydrogen) atoms. The van der Waals surface area contributed by atoms with Crippen LogP contribution in [0.1, 0.15) is 25.3 Å². The van der Waals surface area contributed by atoms with E-state index in [0.717, 1.165) is 69.9 Å². The van der Waals surface area contributed by atoms with E-state index in [0.29, 0.717) is 5.92 Å². The summed E-state index contributed by atoms with van der Waals surface area (Å²) in [4.78, 5) is 16.9. The predicted molar refractivity (Wildman–Crippen MR) is 96.6 cm³/mol. The SMILES string of the molecule is C/C(=C/C(=O)N1CCC(CN2CCOCC2)CC1)c1ccc(F)cc1. The van der Waals surface area contributed by atoms with Gasteiger partial charge in [0.05, 0.1) is 13.2 Å². The first kappa shape index (κ1) is 18.1. The van der Waals surface area contributed by atoms with Crippen molar-refractivity contribution < 1.29 is 13.9 Å². The number of allylic oxidation sites excluding steroid dienone is 1. The third kappa shape index (κ3) is 5.13. The summed E-state index contributed by atoms with van der Waals surface area (Å²) in [7, 11) is 0. The summed E-state index contributed by atoms with van der Waals surface area (Å²) in [6, 6.07) is 6.27. The van der Waals surface area contributed by atoms with Crippen molar-refractivity contribution >= 4 is 11.5 Å². The van der Waals surface area contributed by atoms with Crippen LogP contribution >= 0.6 is 0 Å². The largest absolute Gasteiger partial charge is 0.379 e. The Morgan fingerprint density at radius 3 is 2.44 bits per heavy atom. The van der Waals surface area contributed by atoms with Crippen LogP contribution < -0.4 is 0 Å². The lowest BCUT2D eigenvalue weighted by molar-refractivity contribution is -0.127. The molecule has 0 bridgehead atoms. The van der Waals surface area contributed by atoms with E-state index in [2.05, 4.69) is 4.90 Å². The molecule has 4 nitrogen and oxygen atoms in total. The van der Waals surface area contributed by atoms with Gasteiger partial charge in [-0.2, -0.15) is 0 Å². The van der Waals surface area contributed by atoms with Gasteiger partial charge in [0.25, 0.3) is 0 Å². The number of likely N-dealkylation sites (tertiary alicyclic amines) is 1. The number of hydrogen-bond acceptors (Lipinski definition) is 3. The number of hydrogen-bond donors (Lipinski definition) is 0. The highest BCUT2D eigenvalue weighted by atomic mass is 19.1. The number of amides is 1. The molecule has 0 saturated carbocycles. The molecule has 2 aliphatic rings. The molecular formula is C20H27FN2O2. The third-order valence-corrected chi connectivity index (χ3v) is 5.19. The van der Waals surface area contributed by atoms with E-state index >= 15 is 0 Å². The molecule has 2 saturated heterocycles. The highest BCUT2D eigenvalue weighted by Crippen LogP contribution is 2.21. The van der Waals surface area contributed by atoms with Crippen molar-refractivity contribution in [3.8, 4) is 0 Å². The summed E-state index contributed by atoms with van der Waals surface area (Å²) in [5, 5.41) is 0. The molecule has 1 aromatic carbocycles. The van der Waals surface area contributed by atoms with Crippen molar-refractivity contribution in [1.82, 2.24) is 9.80 Å². The van der Waals surface area contributed by atoms with Gasteiger partial charge in [0.15, 0.2) is 0 Å². The number of carbonyl (C=O) groups excluding carboxylic acids is 1. The van der Waals surface area contributed by atoms with E-state index in [1.807, 2.05) is 11.8 Å². The fraction of sp³-hybridized carbons (Fsp3) is 0.550. The first-order valence-corrected chi connectivity index (χ1v) is 9.15. The quantitative estimate of drug-likeness (QED) is 0.786. The molecule has 0 aromatic heterocycles. The van der Waals surface area contributed by atoms with Gasteiger partial charge >= 0.3 is 0 Å². The maximum atomic E-state index is 13.0. The number of piperidine rings is 1. The van der Waals surface area contributed by atoms with Crippen molar-refractivity contribution in [2.75, 3.05) is 45.9 Å². The lowest BCUT2D eigenvalue weighted by Crippen LogP contribution is -2.44. The second-order valence-electron chi connectivity index (χ2n) is 7.02. The summed E-state index contributed by atoms with van der Waals surface area (Å²) >= 11 is 0. The molecule has 0 spiro atoms. The van der Waals surface area contributed by atoms with E-state index in [4.69, 9.17) is 4.74 Å². The number of carbonyl (C=O) groups is 1. The molecule has 0 atom stereocenters. The van der Waals surface area contributed by atoms with Crippen LogP contribution in [-0.2, 0) is 9.53 Å². The Morgan fingerprint density at radius 1 is 1.16 bits per heavy atom. The molecule has 0 unspecified atom stereocenters. The van der Waals surface area contributed by atoms with Crippen molar-refractivity contribution in [2.45, 2.75) is 19.8 Å². The van der Waals surface area contributed by atoms with Crippen LogP contribution in [0.15, 0.2) is 30.3 Å². The molecule has 0 radical (unpaired) electrons. The van der Waals surface area contributed by atoms with Crippen LogP contribution in [-0.4, -0.2) is 61.6 Å². The Hall–Kier alpha value is -1.72. The fourth-order valence-electron chi connectivity index (χ4n) is 3.56. The van der Waals surface area contributed by atoms with Crippen molar-refractivity contribution in [1.29, 1.82) is 0 Å². The number of benzene rings is 1. The molecular weight excluding hydrogens is 319 g/mol. The first-order valence-electron chi connectivity index (χ1n) is 9.15. The second kappa shape index (κ2) is 8.59. The van der Waals surface area contributed by atoms with Crippen LogP contribution in [0.4, 0.5) is 4.39 Å². The third-order valence-electron chi connectivity index (χ3n) is 5.19. The van der Waals surface area contributed by atoms with Crippen molar-refractivity contribution in [3.63, 3.8) is 0 Å². The maximum Gasteiger partial charge on any atom is 0.246 e. The number of nitrogens with zero attached hydrogens (tertiary/aromatic N) is 2. The highest BCUT2D eigenvalue weighted by molar-refractivity contribution is 5.94. The number of ether oxygens (including phenoxy) is 1. The van der Waals surface area contributed by atoms with Crippen LogP contribution in [0.2, 0.25) is 0 Å². The minimum absolute atomic E-state index is 0.0617. The second-order valence-corrected chi connectivity index (χ2v) is 7.02. The molecule has 136 valence electrons. The Morgan fingerprint density at radius 2 is 1.80 bits per heavy atom. The number of morpholine rings is 1. The maximum absolute atomic E-state index is 13.0. The van der Waals surface area contributed by atoms with Gasteiger partial charge in [-0.1, -0.05) is 12.1 Å². The van der Waals surface area contributed by atoms with Crippen LogP contribution in [0.3, 0.4) is 0 Å². The van der Waals surface area contributed by atoms with Gasteiger partial charge in [0.2, 0.25) is 5.91 Å². The molecule has 5 heteroatoms. The molecule has 2 aliphatic heterocycles.